The summed E-state index contributed by atoms with van der Waals surface area (Å²) < 4.78 is 5.78. The van der Waals surface area contributed by atoms with E-state index in [1.54, 1.807) is 17.2 Å². The number of carboxylic acid groups (broad SMARTS) is 1. The van der Waals surface area contributed by atoms with Crippen LogP contribution in [-0.2, 0) is 10.2 Å². The van der Waals surface area contributed by atoms with Crippen molar-refractivity contribution in [3.05, 3.63) is 40.2 Å². The highest BCUT2D eigenvalue weighted by Gasteiger charge is 2.35. The molecule has 33 heavy (non-hydrogen) atoms. The van der Waals surface area contributed by atoms with Crippen LogP contribution in [0.2, 0.25) is 0 Å². The van der Waals surface area contributed by atoms with E-state index < -0.39 is 5.97 Å². The van der Waals surface area contributed by atoms with Crippen LogP contribution in [-0.4, -0.2) is 34.6 Å². The lowest BCUT2D eigenvalue weighted by Crippen LogP contribution is -2.44. The van der Waals surface area contributed by atoms with E-state index in [0.29, 0.717) is 30.5 Å². The maximum Gasteiger partial charge on any atom is 0.348 e. The molecule has 7 heteroatoms. The summed E-state index contributed by atoms with van der Waals surface area (Å²) in [5.74, 6) is 0.154. The van der Waals surface area contributed by atoms with E-state index in [1.807, 2.05) is 25.1 Å². The lowest BCUT2D eigenvalue weighted by atomic mass is 9.82. The predicted molar refractivity (Wildman–Crippen MR) is 132 cm³/mol. The number of hydrogen-bond acceptors (Lipinski definition) is 5. The average Bonchev–Trinajstić information content (AvgIpc) is 3.21. The van der Waals surface area contributed by atoms with Crippen molar-refractivity contribution in [2.75, 3.05) is 11.5 Å². The lowest BCUT2D eigenvalue weighted by molar-refractivity contribution is -0.124. The minimum absolute atomic E-state index is 0.0352. The average molecular weight is 473 g/mol. The summed E-state index contributed by atoms with van der Waals surface area (Å²) in [5.41, 5.74) is 0.319. The molecule has 0 spiro atoms. The van der Waals surface area contributed by atoms with E-state index in [4.69, 9.17) is 4.74 Å². The lowest BCUT2D eigenvalue weighted by Gasteiger charge is -2.35. The first-order valence-electron chi connectivity index (χ1n) is 11.8. The van der Waals surface area contributed by atoms with Gasteiger partial charge in [-0.1, -0.05) is 33.8 Å². The zero-order valence-corrected chi connectivity index (χ0v) is 21.2. The number of pyridine rings is 1. The van der Waals surface area contributed by atoms with Crippen LogP contribution in [0.3, 0.4) is 0 Å². The van der Waals surface area contributed by atoms with Gasteiger partial charge in [-0.2, -0.15) is 0 Å². The van der Waals surface area contributed by atoms with Crippen molar-refractivity contribution < 1.29 is 19.4 Å². The van der Waals surface area contributed by atoms with E-state index in [0.717, 1.165) is 30.6 Å². The van der Waals surface area contributed by atoms with Crippen LogP contribution in [0.5, 0.6) is 5.88 Å². The van der Waals surface area contributed by atoms with Gasteiger partial charge in [0.2, 0.25) is 11.8 Å². The summed E-state index contributed by atoms with van der Waals surface area (Å²) in [6.45, 7) is 10.8. The van der Waals surface area contributed by atoms with Gasteiger partial charge in [-0.25, -0.2) is 9.78 Å². The van der Waals surface area contributed by atoms with Gasteiger partial charge in [-0.15, -0.1) is 11.3 Å². The van der Waals surface area contributed by atoms with Crippen molar-refractivity contribution >= 4 is 28.9 Å². The van der Waals surface area contributed by atoms with Crippen LogP contribution >= 0.6 is 11.3 Å². The van der Waals surface area contributed by atoms with Gasteiger partial charge in [0.05, 0.1) is 12.3 Å². The van der Waals surface area contributed by atoms with Gasteiger partial charge in [0.15, 0.2) is 0 Å². The normalized spacial score (nSPS) is 19.7. The first kappa shape index (κ1) is 25.2. The number of nitrogens with zero attached hydrogens (tertiary/aromatic N) is 2. The van der Waals surface area contributed by atoms with Crippen molar-refractivity contribution in [2.45, 2.75) is 78.2 Å². The number of amides is 1. The molecule has 1 N–H and O–H groups in total. The summed E-state index contributed by atoms with van der Waals surface area (Å²) in [6, 6.07) is 7.20. The van der Waals surface area contributed by atoms with Crippen LogP contribution in [0.25, 0.3) is 0 Å². The molecule has 0 unspecified atom stereocenters. The molecule has 1 aliphatic carbocycles. The van der Waals surface area contributed by atoms with E-state index in [1.165, 1.54) is 11.3 Å². The Morgan fingerprint density at radius 3 is 2.52 bits per heavy atom. The number of anilines is 1. The number of carbonyl (C=O) groups is 2. The molecule has 0 aromatic carbocycles. The van der Waals surface area contributed by atoms with Gasteiger partial charge in [-0.05, 0) is 56.1 Å². The van der Waals surface area contributed by atoms with Crippen molar-refractivity contribution in [1.82, 2.24) is 4.98 Å². The third kappa shape index (κ3) is 6.34. The monoisotopic (exact) mass is 472 g/mol. The zero-order valence-electron chi connectivity index (χ0n) is 20.3. The van der Waals surface area contributed by atoms with Crippen molar-refractivity contribution in [1.29, 1.82) is 0 Å². The molecule has 1 fully saturated rings. The molecule has 0 bridgehead atoms. The Morgan fingerprint density at radius 2 is 1.94 bits per heavy atom. The van der Waals surface area contributed by atoms with Crippen LogP contribution in [0.4, 0.5) is 5.69 Å². The van der Waals surface area contributed by atoms with Crippen LogP contribution in [0.15, 0.2) is 30.5 Å². The largest absolute Gasteiger partial charge is 0.478 e. The molecule has 2 aromatic heterocycles. The number of aromatic nitrogens is 1. The smallest absolute Gasteiger partial charge is 0.348 e. The van der Waals surface area contributed by atoms with Gasteiger partial charge in [0, 0.05) is 35.5 Å². The highest BCUT2D eigenvalue weighted by atomic mass is 32.1. The molecule has 180 valence electrons. The third-order valence-corrected chi connectivity index (χ3v) is 7.91. The molecule has 0 aliphatic heterocycles. The number of carbonyl (C=O) groups excluding carboxylic acids is 1. The number of ether oxygens (including phenoxy) is 1. The minimum atomic E-state index is -0.988. The van der Waals surface area contributed by atoms with E-state index in [9.17, 15) is 14.7 Å². The van der Waals surface area contributed by atoms with E-state index >= 15 is 0 Å². The van der Waals surface area contributed by atoms with Crippen molar-refractivity contribution in [3.8, 4) is 5.88 Å². The van der Waals surface area contributed by atoms with Crippen molar-refractivity contribution in [2.24, 2.45) is 11.8 Å². The Labute approximate surface area is 201 Å². The predicted octanol–water partition coefficient (Wildman–Crippen LogP) is 6.16. The first-order chi connectivity index (χ1) is 15.6. The Kier molecular flexibility index (Phi) is 8.16. The third-order valence-electron chi connectivity index (χ3n) is 6.37. The highest BCUT2D eigenvalue weighted by molar-refractivity contribution is 7.14. The molecule has 1 saturated carbocycles. The molecule has 0 saturated heterocycles. The summed E-state index contributed by atoms with van der Waals surface area (Å²) in [6.07, 6.45) is 6.02. The molecule has 0 radical (unpaired) electrons. The van der Waals surface area contributed by atoms with Crippen LogP contribution < -0.4 is 9.64 Å². The Balaban J connectivity index is 1.89. The summed E-state index contributed by atoms with van der Waals surface area (Å²) >= 11 is 1.27. The summed E-state index contributed by atoms with van der Waals surface area (Å²) in [5, 5.41) is 9.97. The second-order valence-corrected chi connectivity index (χ2v) is 11.3. The molecule has 2 heterocycles. The van der Waals surface area contributed by atoms with E-state index in [2.05, 4.69) is 32.7 Å². The number of carboxylic acids is 1. The van der Waals surface area contributed by atoms with E-state index in [-0.39, 0.29) is 28.2 Å². The molecular weight excluding hydrogens is 436 g/mol. The Hall–Kier alpha value is -2.41. The molecule has 2 aromatic rings. The topological polar surface area (TPSA) is 79.7 Å². The minimum Gasteiger partial charge on any atom is -0.478 e. The molecular formula is C26H36N2O4S. The number of aromatic carboxylic acids is 1. The number of hydrogen-bond donors (Lipinski definition) is 1. The zero-order chi connectivity index (χ0) is 24.2. The van der Waals surface area contributed by atoms with Gasteiger partial charge < -0.3 is 14.7 Å². The second kappa shape index (κ2) is 10.7. The quantitative estimate of drug-likeness (QED) is 0.498. The SMILES string of the molecule is CC1CCC(C(=O)N(c2cc(C(C)(C)C)sc2C(=O)O)[C@@H](C)CCOc2ccccn2)CC1. The second-order valence-electron chi connectivity index (χ2n) is 10.2. The van der Waals surface area contributed by atoms with Crippen molar-refractivity contribution in [3.63, 3.8) is 0 Å². The maximum atomic E-state index is 13.8. The number of thiophene rings is 1. The van der Waals surface area contributed by atoms with Crippen LogP contribution in [0.1, 0.15) is 81.3 Å². The Morgan fingerprint density at radius 1 is 1.24 bits per heavy atom. The van der Waals surface area contributed by atoms with Gasteiger partial charge in [0.25, 0.3) is 0 Å². The highest BCUT2D eigenvalue weighted by Crippen LogP contribution is 2.40. The Bertz CT molecular complexity index is 943. The van der Waals surface area contributed by atoms with Crippen LogP contribution in [0, 0.1) is 11.8 Å². The molecule has 1 atom stereocenters. The fraction of sp³-hybridized carbons (Fsp3) is 0.577. The maximum absolute atomic E-state index is 13.8. The summed E-state index contributed by atoms with van der Waals surface area (Å²) in [7, 11) is 0. The fourth-order valence-electron chi connectivity index (χ4n) is 4.26. The number of rotatable bonds is 8. The molecule has 1 aliphatic rings. The molecule has 6 nitrogen and oxygen atoms in total. The summed E-state index contributed by atoms with van der Waals surface area (Å²) in [4.78, 5) is 33.1. The molecule has 3 rings (SSSR count). The first-order valence-corrected chi connectivity index (χ1v) is 12.6. The fourth-order valence-corrected chi connectivity index (χ4v) is 5.30. The van der Waals surface area contributed by atoms with Gasteiger partial charge in [0.1, 0.15) is 4.88 Å². The van der Waals surface area contributed by atoms with Gasteiger partial charge in [-0.3, -0.25) is 4.79 Å². The molecule has 1 amide bonds. The van der Waals surface area contributed by atoms with Gasteiger partial charge >= 0.3 is 5.97 Å². The standard InChI is InChI=1S/C26H36N2O4S/c1-17-9-11-19(12-10-17)24(29)28(18(2)13-15-32-22-8-6-7-14-27-22)20-16-21(26(3,4)5)33-23(20)25(30)31/h6-8,14,16-19H,9-13,15H2,1-5H3,(H,30,31)/t17?,18-,19?/m0/s1.